The Bertz CT molecular complexity index is 1030. The zero-order valence-electron chi connectivity index (χ0n) is 17.8. The number of H-pyrrole nitrogens is 1. The summed E-state index contributed by atoms with van der Waals surface area (Å²) in [7, 11) is 2.57. The van der Waals surface area contributed by atoms with Crippen LogP contribution in [0, 0.1) is 11.6 Å². The van der Waals surface area contributed by atoms with Gasteiger partial charge in [0.1, 0.15) is 12.4 Å². The zero-order valence-corrected chi connectivity index (χ0v) is 17.8. The average Bonchev–Trinajstić information content (AvgIpc) is 3.47. The second kappa shape index (κ2) is 9.77. The first kappa shape index (κ1) is 21.8. The van der Waals surface area contributed by atoms with Crippen LogP contribution in [0.25, 0.3) is 0 Å². The van der Waals surface area contributed by atoms with Crippen molar-refractivity contribution in [3.8, 4) is 17.2 Å². The van der Waals surface area contributed by atoms with E-state index in [0.29, 0.717) is 11.8 Å². The number of aromatic amines is 1. The first-order valence-corrected chi connectivity index (χ1v) is 10.1. The summed E-state index contributed by atoms with van der Waals surface area (Å²) in [4.78, 5) is 10.7. The minimum atomic E-state index is -0.853. The molecule has 0 aliphatic carbocycles. The number of anilines is 2. The Labute approximate surface area is 183 Å². The number of halogens is 2. The van der Waals surface area contributed by atoms with E-state index < -0.39 is 11.6 Å². The Morgan fingerprint density at radius 3 is 2.31 bits per heavy atom. The highest BCUT2D eigenvalue weighted by atomic mass is 19.1. The monoisotopic (exact) mass is 446 g/mol. The lowest BCUT2D eigenvalue weighted by atomic mass is 10.1. The molecule has 0 unspecified atom stereocenters. The number of likely N-dealkylation sites (tertiary alicyclic amines) is 1. The lowest BCUT2D eigenvalue weighted by Gasteiger charge is -2.13. The molecule has 1 aromatic carbocycles. The van der Waals surface area contributed by atoms with Crippen molar-refractivity contribution in [3.63, 3.8) is 0 Å². The molecule has 1 aliphatic rings. The number of rotatable bonds is 9. The standard InChI is InChI=1S/C21H24F2N6O3/c1-30-16-8-17(31-2)20(23)15(19(16)22)12-32-14-9-24-21(25-10-14)26-18-7-13(27-28-18)11-29-5-3-4-6-29/h7-10H,3-6,11-12H2,1-2H3,(H2,24,25,26,27,28). The van der Waals surface area contributed by atoms with Gasteiger partial charge in [-0.05, 0) is 25.9 Å². The normalized spacial score (nSPS) is 13.9. The van der Waals surface area contributed by atoms with Gasteiger partial charge in [0.2, 0.25) is 5.95 Å². The maximum atomic E-state index is 14.4. The molecule has 1 saturated heterocycles. The van der Waals surface area contributed by atoms with Gasteiger partial charge in [-0.15, -0.1) is 0 Å². The predicted octanol–water partition coefficient (Wildman–Crippen LogP) is 3.41. The summed E-state index contributed by atoms with van der Waals surface area (Å²) in [6.07, 6.45) is 5.26. The van der Waals surface area contributed by atoms with Crippen molar-refractivity contribution in [2.45, 2.75) is 26.0 Å². The van der Waals surface area contributed by atoms with Crippen molar-refractivity contribution in [2.24, 2.45) is 0 Å². The molecule has 3 aromatic rings. The topological polar surface area (TPSA) is 97.4 Å². The Hall–Kier alpha value is -3.47. The van der Waals surface area contributed by atoms with Crippen LogP contribution in [0.15, 0.2) is 24.5 Å². The number of nitrogens with one attached hydrogen (secondary N) is 2. The third-order valence-electron chi connectivity index (χ3n) is 5.14. The van der Waals surface area contributed by atoms with E-state index >= 15 is 0 Å². The molecule has 9 nitrogen and oxygen atoms in total. The molecule has 2 N–H and O–H groups in total. The van der Waals surface area contributed by atoms with E-state index in [1.165, 1.54) is 39.5 Å². The third kappa shape index (κ3) is 4.88. The summed E-state index contributed by atoms with van der Waals surface area (Å²) in [6.45, 7) is 2.60. The highest BCUT2D eigenvalue weighted by molar-refractivity contribution is 5.48. The van der Waals surface area contributed by atoms with Crippen LogP contribution in [0.5, 0.6) is 17.2 Å². The van der Waals surface area contributed by atoms with Gasteiger partial charge >= 0.3 is 0 Å². The first-order valence-electron chi connectivity index (χ1n) is 10.1. The molecule has 1 fully saturated rings. The highest BCUT2D eigenvalue weighted by Crippen LogP contribution is 2.32. The molecule has 0 radical (unpaired) electrons. The number of ether oxygens (including phenoxy) is 3. The van der Waals surface area contributed by atoms with E-state index in [2.05, 4.69) is 30.4 Å². The van der Waals surface area contributed by atoms with Crippen molar-refractivity contribution >= 4 is 11.8 Å². The van der Waals surface area contributed by atoms with E-state index in [-0.39, 0.29) is 29.4 Å². The molecule has 0 saturated carbocycles. The zero-order chi connectivity index (χ0) is 22.5. The van der Waals surface area contributed by atoms with Crippen LogP contribution >= 0.6 is 0 Å². The van der Waals surface area contributed by atoms with Gasteiger partial charge in [0.05, 0.1) is 37.9 Å². The molecule has 0 spiro atoms. The van der Waals surface area contributed by atoms with E-state index in [1.54, 1.807) is 0 Å². The van der Waals surface area contributed by atoms with Crippen LogP contribution in [0.3, 0.4) is 0 Å². The van der Waals surface area contributed by atoms with Crippen LogP contribution < -0.4 is 19.5 Å². The Balaban J connectivity index is 1.37. The minimum Gasteiger partial charge on any atom is -0.494 e. The smallest absolute Gasteiger partial charge is 0.228 e. The fraction of sp³-hybridized carbons (Fsp3) is 0.381. The van der Waals surface area contributed by atoms with Crippen LogP contribution in [-0.4, -0.2) is 52.4 Å². The largest absolute Gasteiger partial charge is 0.494 e. The predicted molar refractivity (Wildman–Crippen MR) is 112 cm³/mol. The summed E-state index contributed by atoms with van der Waals surface area (Å²) >= 11 is 0. The fourth-order valence-corrected chi connectivity index (χ4v) is 3.47. The van der Waals surface area contributed by atoms with Gasteiger partial charge in [0.25, 0.3) is 0 Å². The maximum Gasteiger partial charge on any atom is 0.228 e. The van der Waals surface area contributed by atoms with Crippen LogP contribution in [0.1, 0.15) is 24.1 Å². The second-order valence-electron chi connectivity index (χ2n) is 7.30. The molecular weight excluding hydrogens is 422 g/mol. The van der Waals surface area contributed by atoms with Gasteiger partial charge in [-0.2, -0.15) is 5.10 Å². The number of benzene rings is 1. The number of hydrogen-bond acceptors (Lipinski definition) is 8. The van der Waals surface area contributed by atoms with Crippen molar-refractivity contribution < 1.29 is 23.0 Å². The van der Waals surface area contributed by atoms with Gasteiger partial charge in [0, 0.05) is 18.7 Å². The third-order valence-corrected chi connectivity index (χ3v) is 5.14. The van der Waals surface area contributed by atoms with Crippen molar-refractivity contribution in [2.75, 3.05) is 32.6 Å². The quantitative estimate of drug-likeness (QED) is 0.516. The summed E-state index contributed by atoms with van der Waals surface area (Å²) in [5.41, 5.74) is 0.624. The van der Waals surface area contributed by atoms with Gasteiger partial charge < -0.3 is 19.5 Å². The molecule has 2 aromatic heterocycles. The molecule has 0 amide bonds. The summed E-state index contributed by atoms with van der Waals surface area (Å²) < 4.78 is 44.2. The van der Waals surface area contributed by atoms with Gasteiger partial charge in [-0.1, -0.05) is 0 Å². The number of nitrogens with zero attached hydrogens (tertiary/aromatic N) is 4. The van der Waals surface area contributed by atoms with Crippen LogP contribution in [0.4, 0.5) is 20.5 Å². The lowest BCUT2D eigenvalue weighted by Crippen LogP contribution is -2.18. The van der Waals surface area contributed by atoms with Gasteiger partial charge in [-0.3, -0.25) is 10.00 Å². The van der Waals surface area contributed by atoms with Crippen molar-refractivity contribution in [3.05, 3.63) is 47.4 Å². The molecule has 32 heavy (non-hydrogen) atoms. The maximum absolute atomic E-state index is 14.4. The SMILES string of the molecule is COc1cc(OC)c(F)c(COc2cnc(Nc3cc(CN4CCCC4)n[nH]3)nc2)c1F. The van der Waals surface area contributed by atoms with E-state index in [9.17, 15) is 8.78 Å². The average molecular weight is 446 g/mol. The second-order valence-corrected chi connectivity index (χ2v) is 7.30. The van der Waals surface area contributed by atoms with Crippen molar-refractivity contribution in [1.82, 2.24) is 25.1 Å². The van der Waals surface area contributed by atoms with Gasteiger partial charge in [0.15, 0.2) is 28.9 Å². The highest BCUT2D eigenvalue weighted by Gasteiger charge is 2.20. The number of hydrogen-bond donors (Lipinski definition) is 2. The number of aromatic nitrogens is 4. The molecule has 1 aliphatic heterocycles. The fourth-order valence-electron chi connectivity index (χ4n) is 3.47. The van der Waals surface area contributed by atoms with Crippen molar-refractivity contribution in [1.29, 1.82) is 0 Å². The van der Waals surface area contributed by atoms with E-state index in [1.807, 2.05) is 6.07 Å². The number of methoxy groups -OCH3 is 2. The lowest BCUT2D eigenvalue weighted by molar-refractivity contribution is 0.280. The van der Waals surface area contributed by atoms with E-state index in [0.717, 1.165) is 31.4 Å². The summed E-state index contributed by atoms with van der Waals surface area (Å²) in [5, 5.41) is 10.2. The first-order chi connectivity index (χ1) is 15.6. The summed E-state index contributed by atoms with van der Waals surface area (Å²) in [5.74, 6) is -0.740. The minimum absolute atomic E-state index is 0.138. The van der Waals surface area contributed by atoms with Crippen LogP contribution in [0.2, 0.25) is 0 Å². The molecule has 0 atom stereocenters. The Morgan fingerprint density at radius 1 is 1.03 bits per heavy atom. The molecule has 0 bridgehead atoms. The Kier molecular flexibility index (Phi) is 6.64. The molecule has 3 heterocycles. The molecule has 11 heteroatoms. The molecular formula is C21H24F2N6O3. The molecule has 4 rings (SSSR count). The Morgan fingerprint density at radius 2 is 1.69 bits per heavy atom. The van der Waals surface area contributed by atoms with Gasteiger partial charge in [-0.25, -0.2) is 18.7 Å². The molecule has 170 valence electrons. The summed E-state index contributed by atoms with van der Waals surface area (Å²) in [6, 6.07) is 3.05. The van der Waals surface area contributed by atoms with Crippen LogP contribution in [-0.2, 0) is 13.2 Å². The van der Waals surface area contributed by atoms with E-state index in [4.69, 9.17) is 14.2 Å².